The van der Waals surface area contributed by atoms with Crippen molar-refractivity contribution >= 4 is 11.8 Å². The van der Waals surface area contributed by atoms with Crippen molar-refractivity contribution in [1.29, 1.82) is 0 Å². The third-order valence-electron chi connectivity index (χ3n) is 3.69. The monoisotopic (exact) mass is 262 g/mol. The number of nitrogens with one attached hydrogen (secondary N) is 3. The van der Waals surface area contributed by atoms with Gasteiger partial charge in [-0.25, -0.2) is 0 Å². The van der Waals surface area contributed by atoms with Gasteiger partial charge in [-0.2, -0.15) is 5.10 Å². The van der Waals surface area contributed by atoms with Crippen molar-refractivity contribution in [3.8, 4) is 0 Å². The Morgan fingerprint density at radius 2 is 2.16 bits per heavy atom. The number of carbonyl (C=O) groups excluding carboxylic acids is 2. The van der Waals surface area contributed by atoms with Crippen LogP contribution in [0.4, 0.5) is 0 Å². The van der Waals surface area contributed by atoms with E-state index in [9.17, 15) is 9.59 Å². The Kier molecular flexibility index (Phi) is 3.23. The lowest BCUT2D eigenvalue weighted by molar-refractivity contribution is -0.122. The van der Waals surface area contributed by atoms with Crippen LogP contribution in [0.25, 0.3) is 0 Å². The highest BCUT2D eigenvalue weighted by Crippen LogP contribution is 2.38. The molecule has 0 bridgehead atoms. The van der Waals surface area contributed by atoms with E-state index in [0.717, 1.165) is 31.4 Å². The summed E-state index contributed by atoms with van der Waals surface area (Å²) < 4.78 is 0. The first kappa shape index (κ1) is 12.2. The van der Waals surface area contributed by atoms with Crippen molar-refractivity contribution in [1.82, 2.24) is 20.8 Å². The number of H-pyrrole nitrogens is 1. The topological polar surface area (TPSA) is 86.9 Å². The molecule has 1 atom stereocenters. The van der Waals surface area contributed by atoms with Crippen molar-refractivity contribution in [3.63, 3.8) is 0 Å². The average Bonchev–Trinajstić information content (AvgIpc) is 3.17. The molecule has 102 valence electrons. The molecule has 0 spiro atoms. The fourth-order valence-corrected chi connectivity index (χ4v) is 2.37. The fourth-order valence-electron chi connectivity index (χ4n) is 2.37. The first-order chi connectivity index (χ1) is 9.24. The molecule has 1 aromatic rings. The summed E-state index contributed by atoms with van der Waals surface area (Å²) in [5.74, 6) is 0.171. The number of nitrogens with zero attached hydrogens (tertiary/aromatic N) is 1. The molecule has 1 aromatic heterocycles. The van der Waals surface area contributed by atoms with E-state index in [1.165, 1.54) is 0 Å². The van der Waals surface area contributed by atoms with Gasteiger partial charge in [0.15, 0.2) is 0 Å². The minimum absolute atomic E-state index is 0.0937. The van der Waals surface area contributed by atoms with E-state index >= 15 is 0 Å². The predicted octanol–water partition coefficient (Wildman–Crippen LogP) is 0.686. The second kappa shape index (κ2) is 5.03. The summed E-state index contributed by atoms with van der Waals surface area (Å²) in [7, 11) is 0. The zero-order chi connectivity index (χ0) is 13.2. The molecule has 1 aliphatic carbocycles. The average molecular weight is 262 g/mol. The van der Waals surface area contributed by atoms with E-state index in [-0.39, 0.29) is 11.8 Å². The number of aromatic nitrogens is 2. The Balaban J connectivity index is 1.63. The van der Waals surface area contributed by atoms with E-state index in [1.807, 2.05) is 0 Å². The molecule has 0 radical (unpaired) electrons. The van der Waals surface area contributed by atoms with Gasteiger partial charge in [0.2, 0.25) is 5.91 Å². The highest BCUT2D eigenvalue weighted by molar-refractivity contribution is 5.96. The van der Waals surface area contributed by atoms with Gasteiger partial charge in [-0.1, -0.05) is 0 Å². The first-order valence-corrected chi connectivity index (χ1v) is 6.88. The van der Waals surface area contributed by atoms with Crippen LogP contribution in [0.5, 0.6) is 0 Å². The number of carbonyl (C=O) groups is 2. The molecule has 1 saturated heterocycles. The summed E-state index contributed by atoms with van der Waals surface area (Å²) in [6.07, 6.45) is 4.92. The molecule has 2 amide bonds. The number of aromatic amines is 1. The Morgan fingerprint density at radius 3 is 2.95 bits per heavy atom. The number of amides is 2. The Morgan fingerprint density at radius 1 is 1.32 bits per heavy atom. The molecule has 3 rings (SSSR count). The van der Waals surface area contributed by atoms with Crippen LogP contribution < -0.4 is 10.6 Å². The Labute approximate surface area is 111 Å². The maximum Gasteiger partial charge on any atom is 0.272 e. The molecule has 1 aliphatic heterocycles. The molecule has 2 heterocycles. The lowest BCUT2D eigenvalue weighted by atomic mass is 10.1. The van der Waals surface area contributed by atoms with Crippen LogP contribution in [-0.2, 0) is 4.79 Å². The van der Waals surface area contributed by atoms with Gasteiger partial charge in [-0.15, -0.1) is 0 Å². The van der Waals surface area contributed by atoms with E-state index in [1.54, 1.807) is 6.07 Å². The van der Waals surface area contributed by atoms with Crippen molar-refractivity contribution in [2.75, 3.05) is 6.54 Å². The largest absolute Gasteiger partial charge is 0.354 e. The molecule has 0 unspecified atom stereocenters. The third kappa shape index (κ3) is 2.77. The van der Waals surface area contributed by atoms with Gasteiger partial charge in [0.25, 0.3) is 5.91 Å². The lowest BCUT2D eigenvalue weighted by Gasteiger charge is -2.13. The standard InChI is InChI=1S/C13H18N4O2/c18-12-9(3-1-2-6-14-12)15-13(19)11-7-10(16-17-11)8-4-5-8/h7-9H,1-6H2,(H,14,18)(H,15,19)(H,16,17)/t9-/m1/s1. The molecule has 19 heavy (non-hydrogen) atoms. The molecule has 6 heteroatoms. The highest BCUT2D eigenvalue weighted by Gasteiger charge is 2.28. The van der Waals surface area contributed by atoms with Crippen LogP contribution in [0.1, 0.15) is 54.2 Å². The Hall–Kier alpha value is -1.85. The number of hydrogen-bond acceptors (Lipinski definition) is 3. The normalized spacial score (nSPS) is 23.6. The van der Waals surface area contributed by atoms with Crippen LogP contribution >= 0.6 is 0 Å². The van der Waals surface area contributed by atoms with E-state index < -0.39 is 6.04 Å². The first-order valence-electron chi connectivity index (χ1n) is 6.88. The molecule has 2 aliphatic rings. The third-order valence-corrected chi connectivity index (χ3v) is 3.69. The Bertz CT molecular complexity index is 493. The van der Waals surface area contributed by atoms with Crippen LogP contribution in [0.3, 0.4) is 0 Å². The summed E-state index contributed by atoms with van der Waals surface area (Å²) in [4.78, 5) is 23.8. The minimum atomic E-state index is -0.434. The van der Waals surface area contributed by atoms with Crippen molar-refractivity contribution in [2.24, 2.45) is 0 Å². The van der Waals surface area contributed by atoms with Crippen LogP contribution in [0.2, 0.25) is 0 Å². The van der Waals surface area contributed by atoms with Crippen LogP contribution in [0, 0.1) is 0 Å². The zero-order valence-electron chi connectivity index (χ0n) is 10.7. The van der Waals surface area contributed by atoms with Gasteiger partial charge in [-0.05, 0) is 38.2 Å². The zero-order valence-corrected chi connectivity index (χ0v) is 10.7. The predicted molar refractivity (Wildman–Crippen MR) is 68.7 cm³/mol. The SMILES string of the molecule is O=C(N[C@@H]1CCCCNC1=O)c1cc(C2CC2)[nH]n1. The van der Waals surface area contributed by atoms with Gasteiger partial charge in [0.05, 0.1) is 0 Å². The molecule has 1 saturated carbocycles. The minimum Gasteiger partial charge on any atom is -0.354 e. The van der Waals surface area contributed by atoms with Gasteiger partial charge < -0.3 is 10.6 Å². The number of rotatable bonds is 3. The second-order valence-corrected chi connectivity index (χ2v) is 5.30. The summed E-state index contributed by atoms with van der Waals surface area (Å²) in [6.45, 7) is 0.694. The van der Waals surface area contributed by atoms with E-state index in [0.29, 0.717) is 24.6 Å². The summed E-state index contributed by atoms with van der Waals surface area (Å²) in [6, 6.07) is 1.36. The maximum atomic E-state index is 12.1. The molecular weight excluding hydrogens is 244 g/mol. The van der Waals surface area contributed by atoms with Crippen molar-refractivity contribution < 1.29 is 9.59 Å². The fraction of sp³-hybridized carbons (Fsp3) is 0.615. The van der Waals surface area contributed by atoms with Crippen molar-refractivity contribution in [2.45, 2.75) is 44.1 Å². The van der Waals surface area contributed by atoms with Crippen LogP contribution in [-0.4, -0.2) is 34.6 Å². The van der Waals surface area contributed by atoms with Crippen LogP contribution in [0.15, 0.2) is 6.07 Å². The molecule has 0 aromatic carbocycles. The molecule has 3 N–H and O–H groups in total. The lowest BCUT2D eigenvalue weighted by Crippen LogP contribution is -2.45. The van der Waals surface area contributed by atoms with Gasteiger partial charge in [0, 0.05) is 18.2 Å². The molecule has 6 nitrogen and oxygen atoms in total. The van der Waals surface area contributed by atoms with E-state index in [4.69, 9.17) is 0 Å². The summed E-state index contributed by atoms with van der Waals surface area (Å²) in [5, 5.41) is 12.5. The molecule has 2 fully saturated rings. The van der Waals surface area contributed by atoms with E-state index in [2.05, 4.69) is 20.8 Å². The maximum absolute atomic E-state index is 12.1. The smallest absolute Gasteiger partial charge is 0.272 e. The quantitative estimate of drug-likeness (QED) is 0.749. The second-order valence-electron chi connectivity index (χ2n) is 5.30. The number of hydrogen-bond donors (Lipinski definition) is 3. The van der Waals surface area contributed by atoms with Gasteiger partial charge >= 0.3 is 0 Å². The molecular formula is C13H18N4O2. The van der Waals surface area contributed by atoms with Gasteiger partial charge in [-0.3, -0.25) is 14.7 Å². The van der Waals surface area contributed by atoms with Crippen molar-refractivity contribution in [3.05, 3.63) is 17.5 Å². The summed E-state index contributed by atoms with van der Waals surface area (Å²) in [5.41, 5.74) is 1.40. The van der Waals surface area contributed by atoms with Gasteiger partial charge in [0.1, 0.15) is 11.7 Å². The summed E-state index contributed by atoms with van der Waals surface area (Å²) >= 11 is 0. The highest BCUT2D eigenvalue weighted by atomic mass is 16.2.